The maximum atomic E-state index is 12.1. The van der Waals surface area contributed by atoms with Crippen LogP contribution in [0.4, 0.5) is 4.79 Å². The Labute approximate surface area is 127 Å². The molecule has 4 nitrogen and oxygen atoms in total. The van der Waals surface area contributed by atoms with E-state index in [2.05, 4.69) is 12.1 Å². The zero-order valence-corrected chi connectivity index (χ0v) is 13.3. The maximum Gasteiger partial charge on any atom is 0.410 e. The fourth-order valence-corrected chi connectivity index (χ4v) is 2.00. The normalized spacial score (nSPS) is 11.2. The molecule has 0 bridgehead atoms. The van der Waals surface area contributed by atoms with Gasteiger partial charge in [-0.2, -0.15) is 0 Å². The SMILES string of the molecule is CC(C)(C)OC(=O)N(CCCO)CCCc1ccccc1. The van der Waals surface area contributed by atoms with Crippen molar-refractivity contribution in [2.45, 2.75) is 45.6 Å². The molecule has 0 aliphatic rings. The van der Waals surface area contributed by atoms with E-state index < -0.39 is 5.60 Å². The van der Waals surface area contributed by atoms with Crippen LogP contribution >= 0.6 is 0 Å². The first-order valence-corrected chi connectivity index (χ1v) is 7.55. The van der Waals surface area contributed by atoms with E-state index in [1.807, 2.05) is 39.0 Å². The number of hydrogen-bond donors (Lipinski definition) is 1. The maximum absolute atomic E-state index is 12.1. The van der Waals surface area contributed by atoms with E-state index in [1.165, 1.54) is 5.56 Å². The summed E-state index contributed by atoms with van der Waals surface area (Å²) >= 11 is 0. The van der Waals surface area contributed by atoms with Gasteiger partial charge in [-0.1, -0.05) is 30.3 Å². The lowest BCUT2D eigenvalue weighted by molar-refractivity contribution is 0.0238. The van der Waals surface area contributed by atoms with Crippen LogP contribution in [0.5, 0.6) is 0 Å². The van der Waals surface area contributed by atoms with E-state index >= 15 is 0 Å². The third kappa shape index (κ3) is 7.71. The molecule has 1 rings (SSSR count). The molecular formula is C17H27NO3. The van der Waals surface area contributed by atoms with Gasteiger partial charge in [-0.3, -0.25) is 0 Å². The van der Waals surface area contributed by atoms with Gasteiger partial charge in [-0.25, -0.2) is 4.79 Å². The number of hydrogen-bond acceptors (Lipinski definition) is 3. The van der Waals surface area contributed by atoms with E-state index in [4.69, 9.17) is 9.84 Å². The van der Waals surface area contributed by atoms with Gasteiger partial charge in [-0.05, 0) is 45.6 Å². The Hall–Kier alpha value is -1.55. The van der Waals surface area contributed by atoms with Crippen LogP contribution in [0.25, 0.3) is 0 Å². The highest BCUT2D eigenvalue weighted by Gasteiger charge is 2.21. The fourth-order valence-electron chi connectivity index (χ4n) is 2.00. The van der Waals surface area contributed by atoms with Crippen molar-refractivity contribution in [1.82, 2.24) is 4.90 Å². The average Bonchev–Trinajstić information content (AvgIpc) is 2.41. The molecule has 1 aromatic rings. The number of benzene rings is 1. The summed E-state index contributed by atoms with van der Waals surface area (Å²) in [6.07, 6.45) is 2.09. The number of rotatable bonds is 7. The molecular weight excluding hydrogens is 266 g/mol. The molecule has 0 saturated carbocycles. The Balaban J connectivity index is 2.47. The molecule has 0 heterocycles. The monoisotopic (exact) mass is 293 g/mol. The Bertz CT molecular complexity index is 412. The second kappa shape index (κ2) is 8.67. The number of amides is 1. The van der Waals surface area contributed by atoms with Gasteiger partial charge in [0.15, 0.2) is 0 Å². The van der Waals surface area contributed by atoms with Crippen LogP contribution in [0.3, 0.4) is 0 Å². The van der Waals surface area contributed by atoms with E-state index in [0.717, 1.165) is 12.8 Å². The molecule has 118 valence electrons. The molecule has 4 heteroatoms. The van der Waals surface area contributed by atoms with Crippen molar-refractivity contribution < 1.29 is 14.6 Å². The predicted molar refractivity (Wildman–Crippen MR) is 84.3 cm³/mol. The molecule has 0 unspecified atom stereocenters. The molecule has 0 aromatic heterocycles. The molecule has 1 amide bonds. The lowest BCUT2D eigenvalue weighted by atomic mass is 10.1. The predicted octanol–water partition coefficient (Wildman–Crippen LogP) is 3.24. The van der Waals surface area contributed by atoms with Gasteiger partial charge in [0.05, 0.1) is 0 Å². The second-order valence-electron chi connectivity index (χ2n) is 6.13. The lowest BCUT2D eigenvalue weighted by Crippen LogP contribution is -2.38. The molecule has 21 heavy (non-hydrogen) atoms. The van der Waals surface area contributed by atoms with Crippen molar-refractivity contribution in [1.29, 1.82) is 0 Å². The van der Waals surface area contributed by atoms with E-state index in [1.54, 1.807) is 4.90 Å². The van der Waals surface area contributed by atoms with Gasteiger partial charge in [0.25, 0.3) is 0 Å². The molecule has 0 aliphatic carbocycles. The standard InChI is InChI=1S/C17H27NO3/c1-17(2,3)21-16(20)18(13-8-14-19)12-7-11-15-9-5-4-6-10-15/h4-6,9-10,19H,7-8,11-14H2,1-3H3. The van der Waals surface area contributed by atoms with E-state index in [0.29, 0.717) is 19.5 Å². The average molecular weight is 293 g/mol. The van der Waals surface area contributed by atoms with Crippen LogP contribution in [0.1, 0.15) is 39.2 Å². The summed E-state index contributed by atoms with van der Waals surface area (Å²) in [5.74, 6) is 0. The number of ether oxygens (including phenoxy) is 1. The topological polar surface area (TPSA) is 49.8 Å². The van der Waals surface area contributed by atoms with Gasteiger partial charge in [0.2, 0.25) is 0 Å². The molecule has 0 atom stereocenters. The smallest absolute Gasteiger partial charge is 0.410 e. The van der Waals surface area contributed by atoms with E-state index in [9.17, 15) is 4.79 Å². The van der Waals surface area contributed by atoms with Crippen LogP contribution in [0.15, 0.2) is 30.3 Å². The van der Waals surface area contributed by atoms with Crippen molar-refractivity contribution >= 4 is 6.09 Å². The summed E-state index contributed by atoms with van der Waals surface area (Å²) in [5.41, 5.74) is 0.775. The van der Waals surface area contributed by atoms with Crippen molar-refractivity contribution in [2.75, 3.05) is 19.7 Å². The lowest BCUT2D eigenvalue weighted by Gasteiger charge is -2.27. The van der Waals surface area contributed by atoms with Crippen molar-refractivity contribution in [3.8, 4) is 0 Å². The van der Waals surface area contributed by atoms with Crippen LogP contribution in [-0.2, 0) is 11.2 Å². The minimum atomic E-state index is -0.492. The molecule has 0 saturated heterocycles. The van der Waals surface area contributed by atoms with E-state index in [-0.39, 0.29) is 12.7 Å². The van der Waals surface area contributed by atoms with Crippen molar-refractivity contribution in [2.24, 2.45) is 0 Å². The molecule has 1 N–H and O–H groups in total. The number of carbonyl (C=O) groups is 1. The largest absolute Gasteiger partial charge is 0.444 e. The minimum Gasteiger partial charge on any atom is -0.444 e. The van der Waals surface area contributed by atoms with Gasteiger partial charge in [0.1, 0.15) is 5.60 Å². The summed E-state index contributed by atoms with van der Waals surface area (Å²) in [4.78, 5) is 13.8. The Morgan fingerprint density at radius 3 is 2.33 bits per heavy atom. The molecule has 0 radical (unpaired) electrons. The Kier molecular flexibility index (Phi) is 7.23. The van der Waals surface area contributed by atoms with Gasteiger partial charge >= 0.3 is 6.09 Å². The van der Waals surface area contributed by atoms with Crippen LogP contribution in [0.2, 0.25) is 0 Å². The Morgan fingerprint density at radius 2 is 1.76 bits per heavy atom. The number of aliphatic hydroxyl groups is 1. The number of aryl methyl sites for hydroxylation is 1. The summed E-state index contributed by atoms with van der Waals surface area (Å²) in [6, 6.07) is 10.2. The summed E-state index contributed by atoms with van der Waals surface area (Å²) in [7, 11) is 0. The highest BCUT2D eigenvalue weighted by molar-refractivity contribution is 5.68. The molecule has 0 fully saturated rings. The first-order valence-electron chi connectivity index (χ1n) is 7.55. The molecule has 1 aromatic carbocycles. The third-order valence-electron chi connectivity index (χ3n) is 2.97. The zero-order valence-electron chi connectivity index (χ0n) is 13.3. The quantitative estimate of drug-likeness (QED) is 0.839. The number of aliphatic hydroxyl groups excluding tert-OH is 1. The Morgan fingerprint density at radius 1 is 1.14 bits per heavy atom. The summed E-state index contributed by atoms with van der Waals surface area (Å²) in [6.45, 7) is 6.83. The van der Waals surface area contributed by atoms with Crippen LogP contribution in [-0.4, -0.2) is 41.4 Å². The molecule has 0 spiro atoms. The minimum absolute atomic E-state index is 0.0813. The second-order valence-corrected chi connectivity index (χ2v) is 6.13. The highest BCUT2D eigenvalue weighted by atomic mass is 16.6. The van der Waals surface area contributed by atoms with Gasteiger partial charge in [0, 0.05) is 19.7 Å². The summed E-state index contributed by atoms with van der Waals surface area (Å²) in [5, 5.41) is 8.95. The van der Waals surface area contributed by atoms with Crippen molar-refractivity contribution in [3.63, 3.8) is 0 Å². The van der Waals surface area contributed by atoms with Crippen LogP contribution in [0, 0.1) is 0 Å². The number of nitrogens with zero attached hydrogens (tertiary/aromatic N) is 1. The first kappa shape index (κ1) is 17.5. The number of carbonyl (C=O) groups excluding carboxylic acids is 1. The van der Waals surface area contributed by atoms with Gasteiger partial charge in [-0.15, -0.1) is 0 Å². The fraction of sp³-hybridized carbons (Fsp3) is 0.588. The first-order chi connectivity index (χ1) is 9.92. The highest BCUT2D eigenvalue weighted by Crippen LogP contribution is 2.11. The summed E-state index contributed by atoms with van der Waals surface area (Å²) < 4.78 is 5.41. The molecule has 0 aliphatic heterocycles. The zero-order chi connectivity index (χ0) is 15.7. The third-order valence-corrected chi connectivity index (χ3v) is 2.97. The van der Waals surface area contributed by atoms with Gasteiger partial charge < -0.3 is 14.7 Å². The van der Waals surface area contributed by atoms with Crippen molar-refractivity contribution in [3.05, 3.63) is 35.9 Å². The van der Waals surface area contributed by atoms with Crippen LogP contribution < -0.4 is 0 Å².